The molecule has 0 unspecified atom stereocenters. The molecule has 3 amide bonds. The van der Waals surface area contributed by atoms with Crippen LogP contribution >= 0.6 is 0 Å². The smallest absolute Gasteiger partial charge is 0.407 e. The van der Waals surface area contributed by atoms with Gasteiger partial charge in [0.2, 0.25) is 11.8 Å². The van der Waals surface area contributed by atoms with Gasteiger partial charge in [-0.25, -0.2) is 4.79 Å². The fraction of sp³-hybridized carbons (Fsp3) is 0.607. The third-order valence-corrected chi connectivity index (χ3v) is 7.38. The van der Waals surface area contributed by atoms with Crippen molar-refractivity contribution in [3.63, 3.8) is 0 Å². The molecule has 7 nitrogen and oxygen atoms in total. The first-order chi connectivity index (χ1) is 17.0. The number of hydrogen-bond acceptors (Lipinski definition) is 4. The summed E-state index contributed by atoms with van der Waals surface area (Å²) in [7, 11) is 1.31. The normalized spacial score (nSPS) is 20.4. The summed E-state index contributed by atoms with van der Waals surface area (Å²) in [6.45, 7) is 4.74. The van der Waals surface area contributed by atoms with Crippen LogP contribution in [0.15, 0.2) is 42.7 Å². The molecule has 1 aromatic carbocycles. The summed E-state index contributed by atoms with van der Waals surface area (Å²) in [5.41, 5.74) is 1.17. The van der Waals surface area contributed by atoms with Gasteiger partial charge in [-0.05, 0) is 43.1 Å². The van der Waals surface area contributed by atoms with Crippen molar-refractivity contribution in [2.75, 3.05) is 13.7 Å². The molecular formula is C28H41N3O4. The monoisotopic (exact) mass is 483 g/mol. The van der Waals surface area contributed by atoms with Crippen molar-refractivity contribution in [3.05, 3.63) is 48.3 Å². The van der Waals surface area contributed by atoms with E-state index in [9.17, 15) is 14.4 Å². The Bertz CT molecular complexity index is 866. The van der Waals surface area contributed by atoms with Crippen molar-refractivity contribution >= 4 is 17.9 Å². The third-order valence-electron chi connectivity index (χ3n) is 7.38. The summed E-state index contributed by atoms with van der Waals surface area (Å²) in [5.74, 6) is -0.230. The minimum Gasteiger partial charge on any atom is -0.453 e. The molecule has 1 aliphatic carbocycles. The van der Waals surface area contributed by atoms with Crippen LogP contribution in [0.2, 0.25) is 0 Å². The maximum absolute atomic E-state index is 13.9. The van der Waals surface area contributed by atoms with Crippen LogP contribution in [0.5, 0.6) is 0 Å². The van der Waals surface area contributed by atoms with Crippen LogP contribution < -0.4 is 5.32 Å². The highest BCUT2D eigenvalue weighted by Crippen LogP contribution is 2.30. The maximum Gasteiger partial charge on any atom is 0.407 e. The molecule has 0 bridgehead atoms. The highest BCUT2D eigenvalue weighted by molar-refractivity contribution is 5.93. The summed E-state index contributed by atoms with van der Waals surface area (Å²) >= 11 is 0. The molecule has 3 rings (SSSR count). The second kappa shape index (κ2) is 13.3. The van der Waals surface area contributed by atoms with Gasteiger partial charge in [-0.1, -0.05) is 76.3 Å². The molecule has 1 aliphatic heterocycles. The van der Waals surface area contributed by atoms with Gasteiger partial charge in [0.15, 0.2) is 0 Å². The van der Waals surface area contributed by atoms with Crippen LogP contribution in [-0.4, -0.2) is 53.4 Å². The summed E-state index contributed by atoms with van der Waals surface area (Å²) in [5, 5.41) is 2.80. The van der Waals surface area contributed by atoms with Crippen LogP contribution in [0.3, 0.4) is 0 Å². The van der Waals surface area contributed by atoms with Gasteiger partial charge in [0, 0.05) is 18.9 Å². The van der Waals surface area contributed by atoms with E-state index >= 15 is 0 Å². The van der Waals surface area contributed by atoms with E-state index in [1.807, 2.05) is 18.2 Å². The van der Waals surface area contributed by atoms with E-state index in [0.29, 0.717) is 6.54 Å². The van der Waals surface area contributed by atoms with Crippen LogP contribution in [0.25, 0.3) is 0 Å². The van der Waals surface area contributed by atoms with Gasteiger partial charge >= 0.3 is 6.09 Å². The minimum absolute atomic E-state index is 0.000655. The van der Waals surface area contributed by atoms with Crippen molar-refractivity contribution in [1.29, 1.82) is 0 Å². The van der Waals surface area contributed by atoms with Crippen LogP contribution in [0.4, 0.5) is 4.79 Å². The number of unbranched alkanes of at least 4 members (excludes halogenated alkanes) is 1. The quantitative estimate of drug-likeness (QED) is 0.515. The molecule has 1 fully saturated rings. The van der Waals surface area contributed by atoms with Gasteiger partial charge in [-0.15, -0.1) is 0 Å². The molecule has 1 N–H and O–H groups in total. The maximum atomic E-state index is 13.9. The SMILES string of the molecule is CCCC[C@H](C)[C@@H]1C(=O)N(CCc2ccccc2)C=CN1C(=O)[C@H](NC(=O)OC)C1CCCCC1. The molecular weight excluding hydrogens is 442 g/mol. The highest BCUT2D eigenvalue weighted by Gasteiger charge is 2.42. The number of amides is 3. The minimum atomic E-state index is -0.697. The molecule has 0 spiro atoms. The summed E-state index contributed by atoms with van der Waals surface area (Å²) < 4.78 is 4.83. The number of carbonyl (C=O) groups excluding carboxylic acids is 3. The molecule has 7 heteroatoms. The topological polar surface area (TPSA) is 79.0 Å². The molecule has 3 atom stereocenters. The van der Waals surface area contributed by atoms with Gasteiger partial charge in [-0.2, -0.15) is 0 Å². The Labute approximate surface area is 209 Å². The van der Waals surface area contributed by atoms with Crippen molar-refractivity contribution in [1.82, 2.24) is 15.1 Å². The summed E-state index contributed by atoms with van der Waals surface area (Å²) in [6.07, 6.45) is 11.5. The van der Waals surface area contributed by atoms with E-state index < -0.39 is 18.2 Å². The number of alkyl carbamates (subject to hydrolysis) is 1. The van der Waals surface area contributed by atoms with Gasteiger partial charge in [-0.3, -0.25) is 9.59 Å². The number of nitrogens with zero attached hydrogens (tertiary/aromatic N) is 2. The predicted octanol–water partition coefficient (Wildman–Crippen LogP) is 4.87. The Morgan fingerprint density at radius 2 is 1.83 bits per heavy atom. The van der Waals surface area contributed by atoms with Gasteiger partial charge in [0.1, 0.15) is 12.1 Å². The third kappa shape index (κ3) is 7.09. The highest BCUT2D eigenvalue weighted by atomic mass is 16.5. The van der Waals surface area contributed by atoms with Gasteiger partial charge in [0.25, 0.3) is 0 Å². The lowest BCUT2D eigenvalue weighted by atomic mass is 9.82. The lowest BCUT2D eigenvalue weighted by molar-refractivity contribution is -0.147. The van der Waals surface area contributed by atoms with Crippen molar-refractivity contribution in [2.24, 2.45) is 11.8 Å². The van der Waals surface area contributed by atoms with Crippen molar-refractivity contribution < 1.29 is 19.1 Å². The van der Waals surface area contributed by atoms with Crippen LogP contribution in [0.1, 0.15) is 70.8 Å². The van der Waals surface area contributed by atoms with E-state index in [-0.39, 0.29) is 23.7 Å². The zero-order valence-corrected chi connectivity index (χ0v) is 21.4. The number of methoxy groups -OCH3 is 1. The molecule has 192 valence electrons. The van der Waals surface area contributed by atoms with E-state index in [0.717, 1.165) is 57.8 Å². The number of rotatable bonds is 10. The fourth-order valence-corrected chi connectivity index (χ4v) is 5.29. The second-order valence-electron chi connectivity index (χ2n) is 9.89. The molecule has 0 radical (unpaired) electrons. The molecule has 1 heterocycles. The molecule has 2 aliphatic rings. The zero-order chi connectivity index (χ0) is 25.2. The van der Waals surface area contributed by atoms with Crippen molar-refractivity contribution in [3.8, 4) is 0 Å². The number of nitrogens with one attached hydrogen (secondary N) is 1. The molecule has 35 heavy (non-hydrogen) atoms. The second-order valence-corrected chi connectivity index (χ2v) is 9.89. The lowest BCUT2D eigenvalue weighted by Gasteiger charge is -2.41. The van der Waals surface area contributed by atoms with E-state index in [1.54, 1.807) is 22.2 Å². The summed E-state index contributed by atoms with van der Waals surface area (Å²) in [4.78, 5) is 43.1. The first-order valence-electron chi connectivity index (χ1n) is 13.2. The van der Waals surface area contributed by atoms with E-state index in [2.05, 4.69) is 31.3 Å². The largest absolute Gasteiger partial charge is 0.453 e. The average Bonchev–Trinajstić information content (AvgIpc) is 2.90. The Morgan fingerprint density at radius 1 is 1.11 bits per heavy atom. The predicted molar refractivity (Wildman–Crippen MR) is 136 cm³/mol. The van der Waals surface area contributed by atoms with Crippen molar-refractivity contribution in [2.45, 2.75) is 83.7 Å². The number of benzene rings is 1. The van der Waals surface area contributed by atoms with E-state index in [1.165, 1.54) is 12.7 Å². The van der Waals surface area contributed by atoms with Crippen LogP contribution in [-0.2, 0) is 20.7 Å². The first-order valence-corrected chi connectivity index (χ1v) is 13.2. The Kier molecular flexibility index (Phi) is 10.2. The first kappa shape index (κ1) is 26.8. The number of carbonyl (C=O) groups is 3. The fourth-order valence-electron chi connectivity index (χ4n) is 5.29. The lowest BCUT2D eigenvalue weighted by Crippen LogP contribution is -2.59. The van der Waals surface area contributed by atoms with E-state index in [4.69, 9.17) is 4.74 Å². The average molecular weight is 484 g/mol. The Hall–Kier alpha value is -2.83. The van der Waals surface area contributed by atoms with Crippen LogP contribution in [0, 0.1) is 11.8 Å². The summed E-state index contributed by atoms with van der Waals surface area (Å²) in [6, 6.07) is 8.82. The Morgan fingerprint density at radius 3 is 2.49 bits per heavy atom. The molecule has 1 aromatic rings. The zero-order valence-electron chi connectivity index (χ0n) is 21.4. The molecule has 0 saturated heterocycles. The molecule has 0 aromatic heterocycles. The Balaban J connectivity index is 1.84. The number of hydrogen-bond donors (Lipinski definition) is 1. The van der Waals surface area contributed by atoms with Gasteiger partial charge in [0.05, 0.1) is 7.11 Å². The number of ether oxygens (including phenoxy) is 1. The molecule has 1 saturated carbocycles. The van der Waals surface area contributed by atoms with Gasteiger partial charge < -0.3 is 19.9 Å². The standard InChI is InChI=1S/C28H41N3O4/c1-4-5-12-21(2)25-27(33)30(18-17-22-13-8-6-9-14-22)19-20-31(25)26(32)24(29-28(34)35-3)23-15-10-7-11-16-23/h6,8-9,13-14,19-21,23-25H,4-5,7,10-12,15-18H2,1-3H3,(H,29,34)/t21-,24+,25+/m0/s1.